The van der Waals surface area contributed by atoms with Gasteiger partial charge in [0.15, 0.2) is 0 Å². The number of hydrogen-bond acceptors (Lipinski definition) is 3. The first-order valence-electron chi connectivity index (χ1n) is 5.29. The molecular formula is C12H11ClN4O. The fourth-order valence-electron chi connectivity index (χ4n) is 1.47. The summed E-state index contributed by atoms with van der Waals surface area (Å²) in [6.45, 7) is 1.77. The first-order valence-corrected chi connectivity index (χ1v) is 5.66. The van der Waals surface area contributed by atoms with Crippen LogP contribution in [0, 0.1) is 0 Å². The second-order valence-electron chi connectivity index (χ2n) is 3.49. The Balaban J connectivity index is 2.38. The summed E-state index contributed by atoms with van der Waals surface area (Å²) in [5, 5.41) is 7.30. The average Bonchev–Trinajstić information content (AvgIpc) is 2.83. The summed E-state index contributed by atoms with van der Waals surface area (Å²) in [5.41, 5.74) is 1.28. The maximum Gasteiger partial charge on any atom is 0.248 e. The smallest absolute Gasteiger partial charge is 0.248 e. The second kappa shape index (κ2) is 5.46. The van der Waals surface area contributed by atoms with Crippen LogP contribution in [0.15, 0.2) is 43.0 Å². The lowest BCUT2D eigenvalue weighted by Gasteiger charge is -2.09. The van der Waals surface area contributed by atoms with Crippen LogP contribution in [0.2, 0.25) is 5.02 Å². The second-order valence-corrected chi connectivity index (χ2v) is 3.93. The van der Waals surface area contributed by atoms with Crippen LogP contribution in [-0.4, -0.2) is 20.7 Å². The fourth-order valence-corrected chi connectivity index (χ4v) is 1.64. The van der Waals surface area contributed by atoms with E-state index in [1.807, 2.05) is 0 Å². The quantitative estimate of drug-likeness (QED) is 0.865. The highest BCUT2D eigenvalue weighted by Gasteiger charge is 2.08. The Morgan fingerprint density at radius 2 is 2.33 bits per heavy atom. The summed E-state index contributed by atoms with van der Waals surface area (Å²) < 4.78 is 1.56. The number of nitrogens with one attached hydrogen (secondary N) is 1. The highest BCUT2D eigenvalue weighted by atomic mass is 35.5. The molecule has 18 heavy (non-hydrogen) atoms. The first-order chi connectivity index (χ1) is 8.70. The van der Waals surface area contributed by atoms with Gasteiger partial charge in [0, 0.05) is 5.02 Å². The Hall–Kier alpha value is -2.14. The summed E-state index contributed by atoms with van der Waals surface area (Å²) in [6, 6.07) is 5.16. The number of allylic oxidation sites excluding steroid dienone is 1. The zero-order valence-corrected chi connectivity index (χ0v) is 10.4. The number of rotatable bonds is 3. The van der Waals surface area contributed by atoms with Crippen molar-refractivity contribution in [1.82, 2.24) is 14.8 Å². The van der Waals surface area contributed by atoms with E-state index in [4.69, 9.17) is 11.6 Å². The largest absolute Gasteiger partial charge is 0.321 e. The molecule has 0 fully saturated rings. The Kier molecular flexibility index (Phi) is 3.74. The van der Waals surface area contributed by atoms with Crippen LogP contribution in [0.4, 0.5) is 5.69 Å². The molecule has 0 radical (unpaired) electrons. The third-order valence-corrected chi connectivity index (χ3v) is 2.44. The minimum atomic E-state index is -0.221. The molecule has 92 valence electrons. The zero-order valence-electron chi connectivity index (χ0n) is 9.67. The number of carbonyl (C=O) groups excluding carboxylic acids is 1. The molecule has 2 rings (SSSR count). The lowest BCUT2D eigenvalue weighted by molar-refractivity contribution is -0.111. The lowest BCUT2D eigenvalue weighted by atomic mass is 10.2. The van der Waals surface area contributed by atoms with E-state index >= 15 is 0 Å². The lowest BCUT2D eigenvalue weighted by Crippen LogP contribution is -2.11. The molecule has 0 bridgehead atoms. The molecule has 1 N–H and O–H groups in total. The number of halogens is 1. The van der Waals surface area contributed by atoms with Gasteiger partial charge in [0.2, 0.25) is 5.91 Å². The summed E-state index contributed by atoms with van der Waals surface area (Å²) >= 11 is 5.92. The number of hydrogen-bond donors (Lipinski definition) is 1. The first kappa shape index (κ1) is 12.3. The van der Waals surface area contributed by atoms with Crippen molar-refractivity contribution in [2.75, 3.05) is 5.32 Å². The topological polar surface area (TPSA) is 59.8 Å². The third kappa shape index (κ3) is 2.75. The number of nitrogens with zero attached hydrogens (tertiary/aromatic N) is 3. The van der Waals surface area contributed by atoms with Crippen molar-refractivity contribution in [2.24, 2.45) is 0 Å². The highest BCUT2D eigenvalue weighted by molar-refractivity contribution is 6.31. The monoisotopic (exact) mass is 262 g/mol. The molecule has 5 nitrogen and oxygen atoms in total. The molecule has 2 aromatic rings. The van der Waals surface area contributed by atoms with Crippen LogP contribution in [0.5, 0.6) is 0 Å². The number of anilines is 1. The molecule has 0 aliphatic rings. The minimum absolute atomic E-state index is 0.221. The van der Waals surface area contributed by atoms with Gasteiger partial charge >= 0.3 is 0 Å². The van der Waals surface area contributed by atoms with E-state index in [1.54, 1.807) is 42.2 Å². The van der Waals surface area contributed by atoms with Gasteiger partial charge < -0.3 is 5.32 Å². The molecule has 1 aromatic heterocycles. The van der Waals surface area contributed by atoms with Gasteiger partial charge in [0.05, 0.1) is 11.4 Å². The van der Waals surface area contributed by atoms with Crippen molar-refractivity contribution in [3.63, 3.8) is 0 Å². The van der Waals surface area contributed by atoms with Crippen LogP contribution in [0.3, 0.4) is 0 Å². The number of benzene rings is 1. The Bertz CT molecular complexity index is 578. The Labute approximate surface area is 109 Å². The van der Waals surface area contributed by atoms with E-state index in [0.29, 0.717) is 16.4 Å². The Morgan fingerprint density at radius 3 is 3.00 bits per heavy atom. The molecule has 1 heterocycles. The summed E-state index contributed by atoms with van der Waals surface area (Å²) in [5.74, 6) is -0.221. The van der Waals surface area contributed by atoms with Crippen molar-refractivity contribution < 1.29 is 4.79 Å². The number of carbonyl (C=O) groups is 1. The molecule has 1 amide bonds. The van der Waals surface area contributed by atoms with Gasteiger partial charge in [-0.05, 0) is 31.2 Å². The predicted molar refractivity (Wildman–Crippen MR) is 69.8 cm³/mol. The van der Waals surface area contributed by atoms with Gasteiger partial charge in [-0.25, -0.2) is 9.67 Å². The molecule has 0 aliphatic heterocycles. The van der Waals surface area contributed by atoms with E-state index in [-0.39, 0.29) is 5.91 Å². The van der Waals surface area contributed by atoms with Crippen molar-refractivity contribution in [1.29, 1.82) is 0 Å². The normalized spacial score (nSPS) is 10.8. The van der Waals surface area contributed by atoms with E-state index in [9.17, 15) is 4.79 Å². The molecule has 0 atom stereocenters. The van der Waals surface area contributed by atoms with Crippen LogP contribution >= 0.6 is 11.6 Å². The van der Waals surface area contributed by atoms with Gasteiger partial charge in [0.1, 0.15) is 12.7 Å². The van der Waals surface area contributed by atoms with Crippen molar-refractivity contribution in [3.05, 3.63) is 48.0 Å². The predicted octanol–water partition coefficient (Wildman–Crippen LogP) is 2.44. The standard InChI is InChI=1S/C12H11ClN4O/c1-2-3-12(18)16-10-6-9(13)4-5-11(10)17-8-14-7-15-17/h2-8H,1H3,(H,16,18)/b3-2+. The van der Waals surface area contributed by atoms with Crippen LogP contribution in [0.1, 0.15) is 6.92 Å². The van der Waals surface area contributed by atoms with E-state index in [2.05, 4.69) is 15.4 Å². The van der Waals surface area contributed by atoms with E-state index in [1.165, 1.54) is 12.4 Å². The molecule has 0 spiro atoms. The van der Waals surface area contributed by atoms with E-state index < -0.39 is 0 Å². The maximum atomic E-state index is 11.6. The van der Waals surface area contributed by atoms with Gasteiger partial charge in [-0.3, -0.25) is 4.79 Å². The van der Waals surface area contributed by atoms with Crippen LogP contribution < -0.4 is 5.32 Å². The maximum absolute atomic E-state index is 11.6. The van der Waals surface area contributed by atoms with Crippen molar-refractivity contribution in [3.8, 4) is 5.69 Å². The highest BCUT2D eigenvalue weighted by Crippen LogP contribution is 2.23. The van der Waals surface area contributed by atoms with Gasteiger partial charge in [-0.2, -0.15) is 5.10 Å². The van der Waals surface area contributed by atoms with Crippen molar-refractivity contribution in [2.45, 2.75) is 6.92 Å². The Morgan fingerprint density at radius 1 is 1.50 bits per heavy atom. The fraction of sp³-hybridized carbons (Fsp3) is 0.0833. The van der Waals surface area contributed by atoms with E-state index in [0.717, 1.165) is 0 Å². The molecule has 0 saturated carbocycles. The van der Waals surface area contributed by atoms with Crippen molar-refractivity contribution >= 4 is 23.2 Å². The summed E-state index contributed by atoms with van der Waals surface area (Å²) in [4.78, 5) is 15.4. The average molecular weight is 263 g/mol. The molecule has 0 unspecified atom stereocenters. The van der Waals surface area contributed by atoms with Crippen LogP contribution in [0.25, 0.3) is 5.69 Å². The SMILES string of the molecule is C/C=C/C(=O)Nc1cc(Cl)ccc1-n1cncn1. The number of aromatic nitrogens is 3. The number of amides is 1. The van der Waals surface area contributed by atoms with Gasteiger partial charge in [-0.1, -0.05) is 17.7 Å². The molecule has 0 saturated heterocycles. The summed E-state index contributed by atoms with van der Waals surface area (Å²) in [6.07, 6.45) is 6.07. The summed E-state index contributed by atoms with van der Waals surface area (Å²) in [7, 11) is 0. The molecule has 1 aromatic carbocycles. The molecule has 6 heteroatoms. The van der Waals surface area contributed by atoms with Gasteiger partial charge in [0.25, 0.3) is 0 Å². The molecular weight excluding hydrogens is 252 g/mol. The minimum Gasteiger partial charge on any atom is -0.321 e. The third-order valence-electron chi connectivity index (χ3n) is 2.20. The zero-order chi connectivity index (χ0) is 13.0. The molecule has 0 aliphatic carbocycles. The van der Waals surface area contributed by atoms with Crippen LogP contribution in [-0.2, 0) is 4.79 Å². The van der Waals surface area contributed by atoms with Gasteiger partial charge in [-0.15, -0.1) is 0 Å².